The average Bonchev–Trinajstić information content (AvgIpc) is 3.80. The van der Waals surface area contributed by atoms with Crippen LogP contribution in [0.25, 0.3) is 22.8 Å². The van der Waals surface area contributed by atoms with Crippen LogP contribution in [0.1, 0.15) is 38.9 Å². The van der Waals surface area contributed by atoms with E-state index in [0.717, 1.165) is 36.4 Å². The van der Waals surface area contributed by atoms with Crippen molar-refractivity contribution in [2.75, 3.05) is 0 Å². The van der Waals surface area contributed by atoms with Gasteiger partial charge in [0.15, 0.2) is 58.2 Å². The molecule has 1 aliphatic carbocycles. The standard InChI is InChI=1S/C32H3F11N6/c1-2-9-10(3-44)23(34)28(39)19(22(9)33)11(4-45)16-17(12(5-46)20-29(40)24(35)14(7-48)25(36)30(20)41)18(16)13(6-47)21-31(42)26(37)15(8-49)27(38)32(21)43/h2H,1H2/b16-11-,17-12?,18-13-. The number of hydrogen-bond donors (Lipinski definition) is 0. The summed E-state index contributed by atoms with van der Waals surface area (Å²) in [6.07, 6.45) is 0.474. The minimum absolute atomic E-state index is 0.474. The summed E-state index contributed by atoms with van der Waals surface area (Å²) in [6, 6.07) is 5.88. The molecule has 3 aromatic rings. The Bertz CT molecular complexity index is 2310. The van der Waals surface area contributed by atoms with Gasteiger partial charge in [-0.15, -0.1) is 0 Å². The molecular weight excluding hydrogens is 677 g/mol. The Balaban J connectivity index is 2.39. The molecule has 17 heteroatoms. The number of benzene rings is 3. The third-order valence-electron chi connectivity index (χ3n) is 6.95. The van der Waals surface area contributed by atoms with E-state index in [1.807, 2.05) is 0 Å². The molecule has 1 aliphatic rings. The lowest BCUT2D eigenvalue weighted by atomic mass is 9.96. The van der Waals surface area contributed by atoms with Gasteiger partial charge in [-0.25, -0.2) is 48.3 Å². The van der Waals surface area contributed by atoms with Crippen LogP contribution in [0.5, 0.6) is 0 Å². The number of allylic oxidation sites excluding steroid dienone is 6. The van der Waals surface area contributed by atoms with Crippen LogP contribution in [0.2, 0.25) is 0 Å². The van der Waals surface area contributed by atoms with E-state index in [-0.39, 0.29) is 0 Å². The van der Waals surface area contributed by atoms with Crippen molar-refractivity contribution >= 4 is 22.8 Å². The highest BCUT2D eigenvalue weighted by Crippen LogP contribution is 2.57. The summed E-state index contributed by atoms with van der Waals surface area (Å²) in [6.45, 7) is 3.11. The Morgan fingerprint density at radius 3 is 0.857 bits per heavy atom. The lowest BCUT2D eigenvalue weighted by Crippen LogP contribution is -2.06. The maximum atomic E-state index is 15.6. The van der Waals surface area contributed by atoms with Gasteiger partial charge in [0.05, 0.1) is 33.4 Å². The first-order chi connectivity index (χ1) is 23.2. The van der Waals surface area contributed by atoms with E-state index in [9.17, 15) is 37.7 Å². The fraction of sp³-hybridized carbons (Fsp3) is 0. The zero-order chi connectivity index (χ0) is 36.8. The summed E-state index contributed by atoms with van der Waals surface area (Å²) in [5.74, 6) is -25.9. The van der Waals surface area contributed by atoms with Crippen LogP contribution in [0.3, 0.4) is 0 Å². The van der Waals surface area contributed by atoms with Crippen molar-refractivity contribution in [1.82, 2.24) is 0 Å². The largest absolute Gasteiger partial charge is 0.205 e. The van der Waals surface area contributed by atoms with Gasteiger partial charge in [0.2, 0.25) is 0 Å². The lowest BCUT2D eigenvalue weighted by Gasteiger charge is -2.10. The highest BCUT2D eigenvalue weighted by Gasteiger charge is 2.46. The molecule has 0 radical (unpaired) electrons. The lowest BCUT2D eigenvalue weighted by molar-refractivity contribution is 0.446. The van der Waals surface area contributed by atoms with Crippen molar-refractivity contribution in [3.63, 3.8) is 0 Å². The molecule has 49 heavy (non-hydrogen) atoms. The van der Waals surface area contributed by atoms with Crippen molar-refractivity contribution in [2.45, 2.75) is 0 Å². The van der Waals surface area contributed by atoms with Crippen LogP contribution < -0.4 is 0 Å². The molecule has 0 heterocycles. The molecule has 0 bridgehead atoms. The zero-order valence-electron chi connectivity index (χ0n) is 23.1. The van der Waals surface area contributed by atoms with Gasteiger partial charge in [-0.1, -0.05) is 12.7 Å². The minimum atomic E-state index is -2.48. The quantitative estimate of drug-likeness (QED) is 0.157. The van der Waals surface area contributed by atoms with Crippen LogP contribution in [0, 0.1) is 132 Å². The molecule has 0 unspecified atom stereocenters. The SMILES string of the molecule is C=Cc1c(F)c(/C(C#N)=C2/C(=C(C#N)c3c(F)c(F)c(C#N)c(F)c3F)/C2=C(/C#N)c2c(F)c(F)c(C#N)c(F)c2F)c(F)c(F)c1C#N. The number of halogens is 11. The maximum absolute atomic E-state index is 15.6. The molecular formula is C32H3F11N6. The number of hydrogen-bond acceptors (Lipinski definition) is 6. The smallest absolute Gasteiger partial charge is 0.180 e. The average molecular weight is 680 g/mol. The van der Waals surface area contributed by atoms with Crippen LogP contribution in [-0.4, -0.2) is 0 Å². The van der Waals surface area contributed by atoms with Gasteiger partial charge in [-0.3, -0.25) is 0 Å². The molecule has 1 fully saturated rings. The monoisotopic (exact) mass is 680 g/mol. The van der Waals surface area contributed by atoms with E-state index in [4.69, 9.17) is 15.8 Å². The number of nitrogens with zero attached hydrogens (tertiary/aromatic N) is 6. The second-order valence-electron chi connectivity index (χ2n) is 9.24. The minimum Gasteiger partial charge on any atom is -0.205 e. The van der Waals surface area contributed by atoms with Gasteiger partial charge in [0.1, 0.15) is 58.9 Å². The van der Waals surface area contributed by atoms with Crippen LogP contribution in [0.4, 0.5) is 48.3 Å². The first-order valence-corrected chi connectivity index (χ1v) is 12.4. The Labute approximate surface area is 265 Å². The number of nitriles is 6. The van der Waals surface area contributed by atoms with Crippen LogP contribution >= 0.6 is 0 Å². The van der Waals surface area contributed by atoms with Gasteiger partial charge in [0, 0.05) is 22.3 Å². The van der Waals surface area contributed by atoms with Gasteiger partial charge < -0.3 is 0 Å². The summed E-state index contributed by atoms with van der Waals surface area (Å²) in [7, 11) is 0. The Morgan fingerprint density at radius 2 is 0.633 bits per heavy atom. The predicted octanol–water partition coefficient (Wildman–Crippen LogP) is 7.72. The van der Waals surface area contributed by atoms with Gasteiger partial charge in [-0.2, -0.15) is 31.6 Å². The molecule has 0 amide bonds. The molecule has 1 saturated carbocycles. The van der Waals surface area contributed by atoms with E-state index < -0.39 is 136 Å². The normalized spacial score (nSPS) is 14.7. The third-order valence-corrected chi connectivity index (χ3v) is 6.95. The summed E-state index contributed by atoms with van der Waals surface area (Å²) in [5.41, 5.74) is -20.8. The molecule has 4 rings (SSSR count). The first kappa shape index (κ1) is 34.7. The Hall–Kier alpha value is -7.21. The Kier molecular flexibility index (Phi) is 8.86. The Morgan fingerprint density at radius 1 is 0.388 bits per heavy atom. The number of rotatable bonds is 4. The van der Waals surface area contributed by atoms with Gasteiger partial charge in [-0.05, 0) is 0 Å². The second kappa shape index (κ2) is 12.5. The molecule has 238 valence electrons. The summed E-state index contributed by atoms with van der Waals surface area (Å²) in [4.78, 5) is 0. The fourth-order valence-electron chi connectivity index (χ4n) is 4.75. The highest BCUT2D eigenvalue weighted by molar-refractivity contribution is 6.12. The molecule has 0 saturated heterocycles. The molecule has 0 aromatic heterocycles. The second-order valence-corrected chi connectivity index (χ2v) is 9.24. The molecule has 0 aliphatic heterocycles. The maximum Gasteiger partial charge on any atom is 0.180 e. The van der Waals surface area contributed by atoms with Crippen molar-refractivity contribution in [2.24, 2.45) is 0 Å². The van der Waals surface area contributed by atoms with Crippen LogP contribution in [-0.2, 0) is 0 Å². The zero-order valence-corrected chi connectivity index (χ0v) is 23.1. The highest BCUT2D eigenvalue weighted by atomic mass is 19.2. The van der Waals surface area contributed by atoms with E-state index in [2.05, 4.69) is 6.58 Å². The van der Waals surface area contributed by atoms with E-state index >= 15 is 26.3 Å². The van der Waals surface area contributed by atoms with Crippen molar-refractivity contribution < 1.29 is 48.3 Å². The molecule has 0 atom stereocenters. The first-order valence-electron chi connectivity index (χ1n) is 12.4. The van der Waals surface area contributed by atoms with Crippen molar-refractivity contribution in [3.8, 4) is 36.4 Å². The van der Waals surface area contributed by atoms with Crippen molar-refractivity contribution in [1.29, 1.82) is 31.6 Å². The van der Waals surface area contributed by atoms with Gasteiger partial charge in [0.25, 0.3) is 0 Å². The summed E-state index contributed by atoms with van der Waals surface area (Å²) >= 11 is 0. The van der Waals surface area contributed by atoms with E-state index in [1.165, 1.54) is 0 Å². The van der Waals surface area contributed by atoms with Gasteiger partial charge >= 0.3 is 0 Å². The topological polar surface area (TPSA) is 143 Å². The molecule has 0 spiro atoms. The summed E-state index contributed by atoms with van der Waals surface area (Å²) in [5, 5.41) is 56.6. The van der Waals surface area contributed by atoms with E-state index in [1.54, 1.807) is 0 Å². The fourth-order valence-corrected chi connectivity index (χ4v) is 4.75. The molecule has 3 aromatic carbocycles. The molecule has 0 N–H and O–H groups in total. The van der Waals surface area contributed by atoms with Crippen LogP contribution in [0.15, 0.2) is 23.3 Å². The summed E-state index contributed by atoms with van der Waals surface area (Å²) < 4.78 is 165. The molecule has 6 nitrogen and oxygen atoms in total. The van der Waals surface area contributed by atoms with Crippen molar-refractivity contribution in [3.05, 3.63) is 126 Å². The predicted molar refractivity (Wildman–Crippen MR) is 141 cm³/mol. The third kappa shape index (κ3) is 4.82. The van der Waals surface area contributed by atoms with E-state index in [0.29, 0.717) is 6.08 Å².